The second kappa shape index (κ2) is 12.4. The van der Waals surface area contributed by atoms with E-state index in [-0.39, 0.29) is 29.6 Å². The van der Waals surface area contributed by atoms with E-state index in [0.29, 0.717) is 16.5 Å². The maximum atomic E-state index is 13.6. The zero-order chi connectivity index (χ0) is 27.1. The first-order valence-electron chi connectivity index (χ1n) is 12.6. The Kier molecular flexibility index (Phi) is 9.05. The second-order valence-corrected chi connectivity index (χ2v) is 11.9. The topological polar surface area (TPSA) is 103 Å². The van der Waals surface area contributed by atoms with Crippen molar-refractivity contribution < 1.29 is 17.6 Å². The van der Waals surface area contributed by atoms with Crippen molar-refractivity contribution in [1.82, 2.24) is 9.62 Å². The van der Waals surface area contributed by atoms with Crippen LogP contribution in [0.2, 0.25) is 5.02 Å². The van der Waals surface area contributed by atoms with E-state index in [2.05, 4.69) is 5.32 Å². The van der Waals surface area contributed by atoms with Gasteiger partial charge < -0.3 is 9.73 Å². The maximum Gasteiger partial charge on any atom is 0.262 e. The third kappa shape index (κ3) is 7.13. The molecule has 0 atom stereocenters. The molecule has 3 aromatic rings. The third-order valence-electron chi connectivity index (χ3n) is 6.54. The first-order chi connectivity index (χ1) is 18.2. The molecule has 38 heavy (non-hydrogen) atoms. The van der Waals surface area contributed by atoms with Crippen LogP contribution in [-0.2, 0) is 27.9 Å². The zero-order valence-corrected chi connectivity index (χ0v) is 22.8. The van der Waals surface area contributed by atoms with Gasteiger partial charge in [-0.15, -0.1) is 0 Å². The van der Waals surface area contributed by atoms with Gasteiger partial charge in [0, 0.05) is 23.7 Å². The van der Waals surface area contributed by atoms with Crippen molar-refractivity contribution in [3.05, 3.63) is 93.9 Å². The quantitative estimate of drug-likeness (QED) is 0.260. The SMILES string of the molecule is Cc1ccc(S(=O)(=O)N(Cc2ccc(Cl)cc2)Cc2ccc(/C=C(/C#N)C(=O)NC3CCCCC3)o2)cc1. The number of nitriles is 1. The summed E-state index contributed by atoms with van der Waals surface area (Å²) in [5, 5.41) is 13.1. The Morgan fingerprint density at radius 3 is 2.39 bits per heavy atom. The summed E-state index contributed by atoms with van der Waals surface area (Å²) in [6.07, 6.45) is 6.51. The van der Waals surface area contributed by atoms with E-state index < -0.39 is 15.9 Å². The fourth-order valence-electron chi connectivity index (χ4n) is 4.41. The van der Waals surface area contributed by atoms with Gasteiger partial charge in [-0.05, 0) is 61.7 Å². The first-order valence-corrected chi connectivity index (χ1v) is 14.4. The van der Waals surface area contributed by atoms with Crippen LogP contribution in [0.15, 0.2) is 75.5 Å². The molecule has 1 aliphatic rings. The highest BCUT2D eigenvalue weighted by atomic mass is 35.5. The number of furan rings is 1. The number of aryl methyl sites for hydroxylation is 1. The molecule has 1 heterocycles. The lowest BCUT2D eigenvalue weighted by atomic mass is 9.95. The molecule has 1 saturated carbocycles. The number of rotatable bonds is 9. The fraction of sp³-hybridized carbons (Fsp3) is 0.310. The highest BCUT2D eigenvalue weighted by Gasteiger charge is 2.26. The van der Waals surface area contributed by atoms with E-state index in [1.54, 1.807) is 60.7 Å². The molecule has 0 bridgehead atoms. The summed E-state index contributed by atoms with van der Waals surface area (Å²) in [5.41, 5.74) is 1.67. The molecule has 0 spiro atoms. The summed E-state index contributed by atoms with van der Waals surface area (Å²) < 4.78 is 34.3. The molecule has 4 rings (SSSR count). The van der Waals surface area contributed by atoms with Gasteiger partial charge >= 0.3 is 0 Å². The third-order valence-corrected chi connectivity index (χ3v) is 8.60. The molecule has 0 radical (unpaired) electrons. The lowest BCUT2D eigenvalue weighted by Gasteiger charge is -2.22. The first kappa shape index (κ1) is 27.6. The van der Waals surface area contributed by atoms with Gasteiger partial charge in [-0.2, -0.15) is 9.57 Å². The van der Waals surface area contributed by atoms with E-state index in [1.165, 1.54) is 10.4 Å². The minimum atomic E-state index is -3.86. The molecule has 0 aliphatic heterocycles. The van der Waals surface area contributed by atoms with Gasteiger partial charge in [0.1, 0.15) is 23.2 Å². The van der Waals surface area contributed by atoms with E-state index in [9.17, 15) is 18.5 Å². The molecular formula is C29H30ClN3O4S. The number of carbonyl (C=O) groups is 1. The fourth-order valence-corrected chi connectivity index (χ4v) is 5.93. The van der Waals surface area contributed by atoms with Gasteiger partial charge in [0.25, 0.3) is 5.91 Å². The summed E-state index contributed by atoms with van der Waals surface area (Å²) in [6, 6.07) is 19.0. The number of carbonyl (C=O) groups excluding carboxylic acids is 1. The summed E-state index contributed by atoms with van der Waals surface area (Å²) in [7, 11) is -3.86. The molecule has 7 nitrogen and oxygen atoms in total. The highest BCUT2D eigenvalue weighted by Crippen LogP contribution is 2.24. The Morgan fingerprint density at radius 1 is 1.05 bits per heavy atom. The van der Waals surface area contributed by atoms with E-state index >= 15 is 0 Å². The van der Waals surface area contributed by atoms with Crippen molar-refractivity contribution in [2.75, 3.05) is 0 Å². The normalized spacial score (nSPS) is 14.8. The van der Waals surface area contributed by atoms with Crippen LogP contribution in [-0.4, -0.2) is 24.7 Å². The lowest BCUT2D eigenvalue weighted by Crippen LogP contribution is -2.36. The van der Waals surface area contributed by atoms with Crippen molar-refractivity contribution in [3.63, 3.8) is 0 Å². The molecule has 9 heteroatoms. The molecule has 0 unspecified atom stereocenters. The highest BCUT2D eigenvalue weighted by molar-refractivity contribution is 7.89. The number of benzene rings is 2. The summed E-state index contributed by atoms with van der Waals surface area (Å²) in [4.78, 5) is 12.8. The number of nitrogens with zero attached hydrogens (tertiary/aromatic N) is 2. The Balaban J connectivity index is 1.55. The van der Waals surface area contributed by atoms with E-state index in [1.807, 2.05) is 13.0 Å². The van der Waals surface area contributed by atoms with Gasteiger partial charge in [-0.3, -0.25) is 4.79 Å². The van der Waals surface area contributed by atoms with Gasteiger partial charge in [0.2, 0.25) is 10.0 Å². The number of amides is 1. The van der Waals surface area contributed by atoms with Crippen molar-refractivity contribution in [2.24, 2.45) is 0 Å². The average molecular weight is 552 g/mol. The van der Waals surface area contributed by atoms with Crippen LogP contribution in [0, 0.1) is 18.3 Å². The Labute approximate surface area is 228 Å². The predicted molar refractivity (Wildman–Crippen MR) is 146 cm³/mol. The molecule has 1 aliphatic carbocycles. The standard InChI is InChI=1S/C29H30ClN3O4S/c1-21-7-15-28(16-8-21)38(35,36)33(19-22-9-11-24(30)12-10-22)20-27-14-13-26(37-27)17-23(18-31)29(34)32-25-5-3-2-4-6-25/h7-17,25H,2-6,19-20H2,1H3,(H,32,34)/b23-17-. The van der Waals surface area contributed by atoms with Gasteiger partial charge in [0.05, 0.1) is 11.4 Å². The van der Waals surface area contributed by atoms with Crippen molar-refractivity contribution in [1.29, 1.82) is 5.26 Å². The van der Waals surface area contributed by atoms with Crippen molar-refractivity contribution in [2.45, 2.75) is 63.1 Å². The van der Waals surface area contributed by atoms with Crippen LogP contribution < -0.4 is 5.32 Å². The number of hydrogen-bond acceptors (Lipinski definition) is 5. The molecule has 198 valence electrons. The Hall–Kier alpha value is -3.38. The zero-order valence-electron chi connectivity index (χ0n) is 21.2. The second-order valence-electron chi connectivity index (χ2n) is 9.49. The number of hydrogen-bond donors (Lipinski definition) is 1. The van der Waals surface area contributed by atoms with Crippen molar-refractivity contribution >= 4 is 33.6 Å². The van der Waals surface area contributed by atoms with Crippen molar-refractivity contribution in [3.8, 4) is 6.07 Å². The Morgan fingerprint density at radius 2 is 1.74 bits per heavy atom. The van der Waals surface area contributed by atoms with Gasteiger partial charge in [0.15, 0.2) is 0 Å². The van der Waals surface area contributed by atoms with Crippen LogP contribution in [0.25, 0.3) is 6.08 Å². The number of sulfonamides is 1. The molecule has 0 saturated heterocycles. The number of nitrogens with one attached hydrogen (secondary N) is 1. The summed E-state index contributed by atoms with van der Waals surface area (Å²) in [6.45, 7) is 1.96. The number of halogens is 1. The Bertz CT molecular complexity index is 1430. The van der Waals surface area contributed by atoms with E-state index in [4.69, 9.17) is 16.0 Å². The van der Waals surface area contributed by atoms with Crippen LogP contribution >= 0.6 is 11.6 Å². The predicted octanol–water partition coefficient (Wildman–Crippen LogP) is 5.99. The van der Waals surface area contributed by atoms with Crippen LogP contribution in [0.1, 0.15) is 54.8 Å². The summed E-state index contributed by atoms with van der Waals surface area (Å²) >= 11 is 6.01. The molecule has 1 fully saturated rings. The molecular weight excluding hydrogens is 522 g/mol. The van der Waals surface area contributed by atoms with Gasteiger partial charge in [-0.1, -0.05) is 60.7 Å². The van der Waals surface area contributed by atoms with Gasteiger partial charge in [-0.25, -0.2) is 8.42 Å². The average Bonchev–Trinajstić information content (AvgIpc) is 3.36. The van der Waals surface area contributed by atoms with Crippen LogP contribution in [0.4, 0.5) is 0 Å². The lowest BCUT2D eigenvalue weighted by molar-refractivity contribution is -0.117. The monoisotopic (exact) mass is 551 g/mol. The molecule has 1 amide bonds. The largest absolute Gasteiger partial charge is 0.460 e. The smallest absolute Gasteiger partial charge is 0.262 e. The summed E-state index contributed by atoms with van der Waals surface area (Å²) in [5.74, 6) is 0.254. The minimum Gasteiger partial charge on any atom is -0.460 e. The molecule has 1 N–H and O–H groups in total. The molecule has 2 aromatic carbocycles. The maximum absolute atomic E-state index is 13.6. The molecule has 1 aromatic heterocycles. The van der Waals surface area contributed by atoms with E-state index in [0.717, 1.165) is 43.2 Å². The van der Waals surface area contributed by atoms with Crippen LogP contribution in [0.3, 0.4) is 0 Å². The minimum absolute atomic E-state index is 0.0389. The van der Waals surface area contributed by atoms with Crippen LogP contribution in [0.5, 0.6) is 0 Å².